The van der Waals surface area contributed by atoms with Crippen LogP contribution < -0.4 is 14.8 Å². The maximum Gasteiger partial charge on any atom is 0.163 e. The lowest BCUT2D eigenvalue weighted by molar-refractivity contribution is 0.172. The number of nitrogens with zero attached hydrogens (tertiary/aromatic N) is 1. The molecule has 1 aromatic carbocycles. The molecule has 1 N–H and O–H groups in total. The monoisotopic (exact) mass is 272 g/mol. The lowest BCUT2D eigenvalue weighted by Gasteiger charge is -2.18. The Bertz CT molecular complexity index is 643. The second-order valence-corrected chi connectivity index (χ2v) is 5.76. The third-order valence-corrected chi connectivity index (χ3v) is 4.14. The maximum absolute atomic E-state index is 5.70. The van der Waals surface area contributed by atoms with Gasteiger partial charge < -0.3 is 19.4 Å². The van der Waals surface area contributed by atoms with E-state index in [1.54, 1.807) is 0 Å². The van der Waals surface area contributed by atoms with Crippen LogP contribution in [0.25, 0.3) is 10.9 Å². The normalized spacial score (nSPS) is 17.6. The first-order valence-electron chi connectivity index (χ1n) is 7.42. The van der Waals surface area contributed by atoms with E-state index in [1.165, 1.54) is 29.3 Å². The lowest BCUT2D eigenvalue weighted by atomic mass is 10.1. The summed E-state index contributed by atoms with van der Waals surface area (Å²) in [5.74, 6) is 1.75. The van der Waals surface area contributed by atoms with E-state index in [9.17, 15) is 0 Å². The molecule has 0 bridgehead atoms. The molecule has 1 aromatic heterocycles. The second kappa shape index (κ2) is 4.70. The van der Waals surface area contributed by atoms with Crippen LogP contribution in [0.3, 0.4) is 0 Å². The van der Waals surface area contributed by atoms with Crippen molar-refractivity contribution in [3.8, 4) is 11.5 Å². The van der Waals surface area contributed by atoms with E-state index in [0.717, 1.165) is 30.5 Å². The summed E-state index contributed by atoms with van der Waals surface area (Å²) < 4.78 is 13.5. The lowest BCUT2D eigenvalue weighted by Crippen LogP contribution is -2.19. The van der Waals surface area contributed by atoms with E-state index in [0.29, 0.717) is 13.2 Å². The van der Waals surface area contributed by atoms with Gasteiger partial charge in [0.15, 0.2) is 11.5 Å². The van der Waals surface area contributed by atoms with Crippen LogP contribution in [0.4, 0.5) is 0 Å². The Morgan fingerprint density at radius 1 is 1.20 bits per heavy atom. The largest absolute Gasteiger partial charge is 0.486 e. The van der Waals surface area contributed by atoms with Crippen molar-refractivity contribution in [2.45, 2.75) is 25.3 Å². The summed E-state index contributed by atoms with van der Waals surface area (Å²) in [7, 11) is 2.09. The van der Waals surface area contributed by atoms with Crippen LogP contribution >= 0.6 is 0 Å². The van der Waals surface area contributed by atoms with Gasteiger partial charge in [0.1, 0.15) is 13.2 Å². The molecule has 1 fully saturated rings. The van der Waals surface area contributed by atoms with E-state index in [1.807, 2.05) is 0 Å². The Balaban J connectivity index is 1.65. The first-order valence-corrected chi connectivity index (χ1v) is 7.42. The molecule has 0 amide bonds. The van der Waals surface area contributed by atoms with Gasteiger partial charge in [-0.15, -0.1) is 0 Å². The van der Waals surface area contributed by atoms with Crippen molar-refractivity contribution in [1.82, 2.24) is 9.88 Å². The van der Waals surface area contributed by atoms with Crippen molar-refractivity contribution in [1.29, 1.82) is 0 Å². The summed E-state index contributed by atoms with van der Waals surface area (Å²) in [6.45, 7) is 2.34. The van der Waals surface area contributed by atoms with Crippen molar-refractivity contribution in [2.75, 3.05) is 19.8 Å². The van der Waals surface area contributed by atoms with E-state index in [2.05, 4.69) is 35.3 Å². The Kier molecular flexibility index (Phi) is 2.84. The number of benzene rings is 1. The summed E-state index contributed by atoms with van der Waals surface area (Å²) in [5.41, 5.74) is 2.60. The number of nitrogens with one attached hydrogen (secondary N) is 1. The van der Waals surface area contributed by atoms with Crippen molar-refractivity contribution in [3.63, 3.8) is 0 Å². The zero-order chi connectivity index (χ0) is 13.5. The molecule has 0 atom stereocenters. The molecule has 0 unspecified atom stereocenters. The van der Waals surface area contributed by atoms with Gasteiger partial charge in [0.05, 0.1) is 5.52 Å². The Labute approximate surface area is 118 Å². The molecule has 2 aliphatic rings. The number of hydrogen-bond acceptors (Lipinski definition) is 3. The van der Waals surface area contributed by atoms with E-state index in [4.69, 9.17) is 9.47 Å². The summed E-state index contributed by atoms with van der Waals surface area (Å²) in [5, 5.41) is 4.86. The standard InChI is InChI=1S/C16H20N2O2/c1-18-10-11(4-5-17-12-2-3-12)13-8-15-16(9-14(13)18)20-7-6-19-15/h8-10,12,17H,2-7H2,1H3. The van der Waals surface area contributed by atoms with E-state index < -0.39 is 0 Å². The number of rotatable bonds is 4. The van der Waals surface area contributed by atoms with Crippen molar-refractivity contribution in [3.05, 3.63) is 23.9 Å². The predicted molar refractivity (Wildman–Crippen MR) is 78.6 cm³/mol. The fourth-order valence-corrected chi connectivity index (χ4v) is 2.90. The Morgan fingerprint density at radius 2 is 1.95 bits per heavy atom. The fraction of sp³-hybridized carbons (Fsp3) is 0.500. The minimum absolute atomic E-state index is 0.640. The van der Waals surface area contributed by atoms with E-state index >= 15 is 0 Å². The third-order valence-electron chi connectivity index (χ3n) is 4.14. The van der Waals surface area contributed by atoms with Gasteiger partial charge in [0, 0.05) is 30.7 Å². The van der Waals surface area contributed by atoms with Crippen LogP contribution in [0.5, 0.6) is 11.5 Å². The van der Waals surface area contributed by atoms with Gasteiger partial charge in [-0.05, 0) is 37.4 Å². The van der Waals surface area contributed by atoms with Crippen LogP contribution in [-0.2, 0) is 13.5 Å². The molecule has 4 heteroatoms. The smallest absolute Gasteiger partial charge is 0.163 e. The highest BCUT2D eigenvalue weighted by Gasteiger charge is 2.20. The molecule has 20 heavy (non-hydrogen) atoms. The minimum atomic E-state index is 0.640. The van der Waals surface area contributed by atoms with Crippen LogP contribution in [0.15, 0.2) is 18.3 Å². The number of fused-ring (bicyclic) bond motifs is 2. The van der Waals surface area contributed by atoms with Gasteiger partial charge in [0.25, 0.3) is 0 Å². The third kappa shape index (κ3) is 2.14. The number of ether oxygens (including phenoxy) is 2. The van der Waals surface area contributed by atoms with Gasteiger partial charge in [-0.2, -0.15) is 0 Å². The van der Waals surface area contributed by atoms with E-state index in [-0.39, 0.29) is 0 Å². The average Bonchev–Trinajstić information content (AvgIpc) is 3.24. The molecule has 4 rings (SSSR count). The Hall–Kier alpha value is -1.68. The maximum atomic E-state index is 5.70. The summed E-state index contributed by atoms with van der Waals surface area (Å²) in [6.07, 6.45) is 5.97. The zero-order valence-electron chi connectivity index (χ0n) is 11.8. The SMILES string of the molecule is Cn1cc(CCNC2CC2)c2cc3c(cc21)OCCO3. The molecule has 1 aliphatic carbocycles. The second-order valence-electron chi connectivity index (χ2n) is 5.76. The zero-order valence-corrected chi connectivity index (χ0v) is 11.8. The van der Waals surface area contributed by atoms with Crippen molar-refractivity contribution < 1.29 is 9.47 Å². The highest BCUT2D eigenvalue weighted by atomic mass is 16.6. The van der Waals surface area contributed by atoms with Gasteiger partial charge >= 0.3 is 0 Å². The Morgan fingerprint density at radius 3 is 2.70 bits per heavy atom. The molecule has 0 radical (unpaired) electrons. The highest BCUT2D eigenvalue weighted by Crippen LogP contribution is 2.36. The van der Waals surface area contributed by atoms with Crippen LogP contribution in [0.1, 0.15) is 18.4 Å². The summed E-state index contributed by atoms with van der Waals surface area (Å²) in [4.78, 5) is 0. The molecule has 106 valence electrons. The number of aromatic nitrogens is 1. The van der Waals surface area contributed by atoms with Gasteiger partial charge in [-0.25, -0.2) is 0 Å². The van der Waals surface area contributed by atoms with Crippen LogP contribution in [-0.4, -0.2) is 30.4 Å². The molecular weight excluding hydrogens is 252 g/mol. The minimum Gasteiger partial charge on any atom is -0.486 e. The molecule has 2 heterocycles. The van der Waals surface area contributed by atoms with Gasteiger partial charge in [-0.3, -0.25) is 0 Å². The van der Waals surface area contributed by atoms with Gasteiger partial charge in [-0.1, -0.05) is 0 Å². The molecule has 0 saturated heterocycles. The van der Waals surface area contributed by atoms with Crippen molar-refractivity contribution >= 4 is 10.9 Å². The fourth-order valence-electron chi connectivity index (χ4n) is 2.90. The number of aryl methyl sites for hydroxylation is 1. The molecule has 2 aromatic rings. The van der Waals surface area contributed by atoms with Crippen LogP contribution in [0, 0.1) is 0 Å². The molecule has 1 aliphatic heterocycles. The molecule has 0 spiro atoms. The quantitative estimate of drug-likeness (QED) is 0.927. The first kappa shape index (κ1) is 12.1. The molecular formula is C16H20N2O2. The number of hydrogen-bond donors (Lipinski definition) is 1. The molecule has 4 nitrogen and oxygen atoms in total. The average molecular weight is 272 g/mol. The summed E-state index contributed by atoms with van der Waals surface area (Å²) >= 11 is 0. The highest BCUT2D eigenvalue weighted by molar-refractivity contribution is 5.87. The predicted octanol–water partition coefficient (Wildman–Crippen LogP) is 2.24. The van der Waals surface area contributed by atoms with Crippen LogP contribution in [0.2, 0.25) is 0 Å². The summed E-state index contributed by atoms with van der Waals surface area (Å²) in [6, 6.07) is 5.01. The molecule has 1 saturated carbocycles. The van der Waals surface area contributed by atoms with Crippen molar-refractivity contribution in [2.24, 2.45) is 7.05 Å². The first-order chi connectivity index (χ1) is 9.81. The van der Waals surface area contributed by atoms with Gasteiger partial charge in [0.2, 0.25) is 0 Å². The topological polar surface area (TPSA) is 35.4 Å².